The molecule has 0 radical (unpaired) electrons. The molecule has 11 heavy (non-hydrogen) atoms. The van der Waals surface area contributed by atoms with Crippen LogP contribution in [-0.2, 0) is 5.41 Å². The van der Waals surface area contributed by atoms with Crippen molar-refractivity contribution in [3.8, 4) is 0 Å². The first kappa shape index (κ1) is 5.75. The Morgan fingerprint density at radius 1 is 1.45 bits per heavy atom. The van der Waals surface area contributed by atoms with Crippen LogP contribution < -0.4 is 0 Å². The van der Waals surface area contributed by atoms with Crippen LogP contribution in [0.1, 0.15) is 31.0 Å². The van der Waals surface area contributed by atoms with Gasteiger partial charge in [0.15, 0.2) is 5.82 Å². The predicted octanol–water partition coefficient (Wildman–Crippen LogP) is 1.43. The largest absolute Gasteiger partial charge is 0.339 e. The lowest BCUT2D eigenvalue weighted by atomic mass is 9.44. The van der Waals surface area contributed by atoms with E-state index >= 15 is 0 Å². The summed E-state index contributed by atoms with van der Waals surface area (Å²) in [5, 5.41) is 3.80. The molecule has 3 heteroatoms. The number of hydrogen-bond donors (Lipinski definition) is 0. The molecule has 3 saturated carbocycles. The minimum Gasteiger partial charge on any atom is -0.339 e. The summed E-state index contributed by atoms with van der Waals surface area (Å²) in [6, 6.07) is 0. The third-order valence-corrected chi connectivity index (χ3v) is 3.02. The van der Waals surface area contributed by atoms with Gasteiger partial charge in [0.05, 0.1) is 5.41 Å². The Kier molecular flexibility index (Phi) is 0.780. The molecule has 3 fully saturated rings. The first-order valence-electron chi connectivity index (χ1n) is 4.09. The Bertz CT molecular complexity index is 288. The third kappa shape index (κ3) is 0.549. The highest BCUT2D eigenvalue weighted by Crippen LogP contribution is 2.64. The van der Waals surface area contributed by atoms with Gasteiger partial charge in [-0.05, 0) is 32.1 Å². The molecule has 0 saturated heterocycles. The molecule has 0 aromatic carbocycles. The molecule has 1 heterocycles. The molecule has 2 bridgehead atoms. The van der Waals surface area contributed by atoms with Gasteiger partial charge in [-0.3, -0.25) is 0 Å². The lowest BCUT2D eigenvalue weighted by Gasteiger charge is -2.59. The third-order valence-electron chi connectivity index (χ3n) is 3.02. The Labute approximate surface area is 64.8 Å². The highest BCUT2D eigenvalue weighted by atomic mass is 16.5. The van der Waals surface area contributed by atoms with Crippen LogP contribution in [0.2, 0.25) is 0 Å². The minimum absolute atomic E-state index is 0.339. The molecule has 0 unspecified atom stereocenters. The van der Waals surface area contributed by atoms with Gasteiger partial charge in [0.25, 0.3) is 0 Å². The Hall–Kier alpha value is -0.860. The molecular formula is C8H10N2O. The van der Waals surface area contributed by atoms with Crippen molar-refractivity contribution in [1.82, 2.24) is 10.1 Å². The number of aromatic nitrogens is 2. The molecule has 0 spiro atoms. The second-order valence-electron chi connectivity index (χ2n) is 3.91. The van der Waals surface area contributed by atoms with Crippen molar-refractivity contribution >= 4 is 0 Å². The maximum absolute atomic E-state index is 5.15. The second kappa shape index (κ2) is 1.49. The van der Waals surface area contributed by atoms with E-state index in [4.69, 9.17) is 4.52 Å². The molecule has 1 aromatic heterocycles. The summed E-state index contributed by atoms with van der Waals surface area (Å²) in [6.07, 6.45) is 3.86. The van der Waals surface area contributed by atoms with Crippen LogP contribution in [0.3, 0.4) is 0 Å². The van der Waals surface area contributed by atoms with Gasteiger partial charge in [0.1, 0.15) is 0 Å². The molecule has 4 rings (SSSR count). The zero-order chi connectivity index (χ0) is 7.47. The van der Waals surface area contributed by atoms with Crippen LogP contribution >= 0.6 is 0 Å². The highest BCUT2D eigenvalue weighted by Gasteiger charge is 2.60. The van der Waals surface area contributed by atoms with Crippen LogP contribution in [0.5, 0.6) is 0 Å². The normalized spacial score (nSPS) is 39.5. The van der Waals surface area contributed by atoms with Gasteiger partial charge in [-0.25, -0.2) is 0 Å². The van der Waals surface area contributed by atoms with Crippen molar-refractivity contribution in [3.05, 3.63) is 11.7 Å². The average Bonchev–Trinajstić information content (AvgIpc) is 2.06. The van der Waals surface area contributed by atoms with E-state index in [2.05, 4.69) is 10.1 Å². The minimum atomic E-state index is 0.339. The zero-order valence-electron chi connectivity index (χ0n) is 6.50. The van der Waals surface area contributed by atoms with Crippen LogP contribution in [0, 0.1) is 12.8 Å². The summed E-state index contributed by atoms with van der Waals surface area (Å²) in [5.74, 6) is 2.63. The van der Waals surface area contributed by atoms with E-state index in [1.54, 1.807) is 0 Å². The van der Waals surface area contributed by atoms with Gasteiger partial charge in [0, 0.05) is 0 Å². The number of aryl methyl sites for hydroxylation is 1. The van der Waals surface area contributed by atoms with Crippen molar-refractivity contribution < 1.29 is 4.52 Å². The van der Waals surface area contributed by atoms with Gasteiger partial charge in [-0.15, -0.1) is 0 Å². The molecule has 1 aromatic rings. The van der Waals surface area contributed by atoms with Gasteiger partial charge >= 0.3 is 0 Å². The van der Waals surface area contributed by atoms with E-state index < -0.39 is 0 Å². The lowest BCUT2D eigenvalue weighted by molar-refractivity contribution is -0.0512. The summed E-state index contributed by atoms with van der Waals surface area (Å²) in [7, 11) is 0. The summed E-state index contributed by atoms with van der Waals surface area (Å²) in [4.78, 5) is 4.26. The first-order chi connectivity index (χ1) is 5.28. The fraction of sp³-hybridized carbons (Fsp3) is 0.750. The molecule has 3 aliphatic rings. The van der Waals surface area contributed by atoms with Crippen molar-refractivity contribution in [3.63, 3.8) is 0 Å². The van der Waals surface area contributed by atoms with Crippen molar-refractivity contribution in [2.24, 2.45) is 5.92 Å². The maximum Gasteiger partial charge on any atom is 0.232 e. The maximum atomic E-state index is 5.15. The Morgan fingerprint density at radius 3 is 2.55 bits per heavy atom. The van der Waals surface area contributed by atoms with Crippen LogP contribution in [0.15, 0.2) is 4.52 Å². The first-order valence-corrected chi connectivity index (χ1v) is 4.09. The van der Waals surface area contributed by atoms with Crippen molar-refractivity contribution in [1.29, 1.82) is 0 Å². The van der Waals surface area contributed by atoms with Crippen molar-refractivity contribution in [2.75, 3.05) is 0 Å². The standard InChI is InChI=1S/C8H10N2O/c1-5-9-7(11-10-5)8-2-6(3-8)4-8/h6H,2-4H2,1H3. The van der Waals surface area contributed by atoms with Gasteiger partial charge in [-0.2, -0.15) is 4.98 Å². The summed E-state index contributed by atoms with van der Waals surface area (Å²) < 4.78 is 5.15. The highest BCUT2D eigenvalue weighted by molar-refractivity contribution is 5.22. The number of rotatable bonds is 1. The van der Waals surface area contributed by atoms with Crippen LogP contribution in [0.25, 0.3) is 0 Å². The van der Waals surface area contributed by atoms with E-state index in [0.717, 1.165) is 17.6 Å². The van der Waals surface area contributed by atoms with Gasteiger partial charge in [0.2, 0.25) is 5.89 Å². The second-order valence-corrected chi connectivity index (χ2v) is 3.91. The Morgan fingerprint density at radius 2 is 2.18 bits per heavy atom. The molecule has 3 nitrogen and oxygen atoms in total. The number of nitrogens with zero attached hydrogens (tertiary/aromatic N) is 2. The fourth-order valence-electron chi connectivity index (χ4n) is 2.25. The molecule has 3 aliphatic carbocycles. The number of hydrogen-bond acceptors (Lipinski definition) is 3. The summed E-state index contributed by atoms with van der Waals surface area (Å²) in [5.41, 5.74) is 0.339. The zero-order valence-corrected chi connectivity index (χ0v) is 6.50. The summed E-state index contributed by atoms with van der Waals surface area (Å²) in [6.45, 7) is 1.87. The molecular weight excluding hydrogens is 140 g/mol. The molecule has 0 amide bonds. The predicted molar refractivity (Wildman–Crippen MR) is 38.1 cm³/mol. The fourth-order valence-corrected chi connectivity index (χ4v) is 2.25. The Balaban J connectivity index is 1.99. The molecule has 58 valence electrons. The van der Waals surface area contributed by atoms with Crippen LogP contribution in [0.4, 0.5) is 0 Å². The van der Waals surface area contributed by atoms with E-state index in [-0.39, 0.29) is 0 Å². The van der Waals surface area contributed by atoms with Crippen molar-refractivity contribution in [2.45, 2.75) is 31.6 Å². The molecule has 0 atom stereocenters. The van der Waals surface area contributed by atoms with E-state index in [1.165, 1.54) is 19.3 Å². The van der Waals surface area contributed by atoms with Gasteiger partial charge < -0.3 is 4.52 Å². The SMILES string of the molecule is Cc1noc(C23CC(C2)C3)n1. The van der Waals surface area contributed by atoms with E-state index in [1.807, 2.05) is 6.92 Å². The monoisotopic (exact) mass is 150 g/mol. The summed E-state index contributed by atoms with van der Waals surface area (Å²) >= 11 is 0. The van der Waals surface area contributed by atoms with Gasteiger partial charge in [-0.1, -0.05) is 5.16 Å². The van der Waals surface area contributed by atoms with E-state index in [0.29, 0.717) is 5.41 Å². The lowest BCUT2D eigenvalue weighted by Crippen LogP contribution is -2.55. The van der Waals surface area contributed by atoms with Crippen LogP contribution in [-0.4, -0.2) is 10.1 Å². The van der Waals surface area contributed by atoms with E-state index in [9.17, 15) is 0 Å². The quantitative estimate of drug-likeness (QED) is 0.607. The average molecular weight is 150 g/mol. The molecule has 0 aliphatic heterocycles. The molecule has 0 N–H and O–H groups in total. The smallest absolute Gasteiger partial charge is 0.232 e. The topological polar surface area (TPSA) is 38.9 Å².